The van der Waals surface area contributed by atoms with E-state index in [1.807, 2.05) is 0 Å². The van der Waals surface area contributed by atoms with Crippen LogP contribution in [0.3, 0.4) is 0 Å². The Bertz CT molecular complexity index is 3610. The van der Waals surface area contributed by atoms with Gasteiger partial charge in [0.25, 0.3) is 0 Å². The van der Waals surface area contributed by atoms with Crippen LogP contribution in [0.25, 0.3) is 98.4 Å². The summed E-state index contributed by atoms with van der Waals surface area (Å²) in [5.41, 5.74) is 11.9. The van der Waals surface area contributed by atoms with E-state index >= 15 is 0 Å². The summed E-state index contributed by atoms with van der Waals surface area (Å²) in [6.45, 7) is 0. The van der Waals surface area contributed by atoms with Gasteiger partial charge in [0.05, 0.1) is 5.69 Å². The van der Waals surface area contributed by atoms with Crippen LogP contribution in [0.4, 0.5) is 17.1 Å². The summed E-state index contributed by atoms with van der Waals surface area (Å²) >= 11 is 0. The molecule has 0 spiro atoms. The van der Waals surface area contributed by atoms with Crippen LogP contribution in [0.15, 0.2) is 229 Å². The Balaban J connectivity index is 1.05. The fourth-order valence-electron chi connectivity index (χ4n) is 9.30. The molecule has 12 aromatic rings. The molecule has 0 aliphatic rings. The van der Waals surface area contributed by atoms with Crippen molar-refractivity contribution in [3.63, 3.8) is 0 Å². The molecule has 0 fully saturated rings. The lowest BCUT2D eigenvalue weighted by Gasteiger charge is -2.28. The highest BCUT2D eigenvalue weighted by atomic mass is 16.3. The van der Waals surface area contributed by atoms with E-state index in [4.69, 9.17) is 4.42 Å². The number of para-hydroxylation sites is 2. The third-order valence-corrected chi connectivity index (χ3v) is 12.2. The van der Waals surface area contributed by atoms with Gasteiger partial charge in [-0.05, 0) is 120 Å². The molecule has 0 aliphatic carbocycles. The molecule has 0 atom stereocenters. The third-order valence-electron chi connectivity index (χ3n) is 12.2. The van der Waals surface area contributed by atoms with Crippen molar-refractivity contribution in [3.05, 3.63) is 224 Å². The summed E-state index contributed by atoms with van der Waals surface area (Å²) in [4.78, 5) is 2.40. The van der Waals surface area contributed by atoms with E-state index in [0.29, 0.717) is 0 Å². The van der Waals surface area contributed by atoms with Crippen LogP contribution in [-0.2, 0) is 0 Å². The Hall–Kier alpha value is -7.94. The molecular weight excluding hydrogens is 727 g/mol. The van der Waals surface area contributed by atoms with Gasteiger partial charge in [0.2, 0.25) is 0 Å². The summed E-state index contributed by atoms with van der Waals surface area (Å²) in [5.74, 6) is 0. The number of fused-ring (bicyclic) bond motifs is 8. The first-order valence-corrected chi connectivity index (χ1v) is 20.6. The standard InChI is InChI=1S/C58H37NO/c1-2-14-40-33-44(28-27-38(40)13-1)41-18-11-19-47(34-41)59(46-31-29-39(30-32-46)54-36-45-17-5-6-20-48(45)49-21-7-8-22-50(49)54)56-26-10-9-23-51(56)52-24-12-25-53-55-35-42-15-3-4-16-43(42)37-57(55)60-58(52)53/h1-37H. The van der Waals surface area contributed by atoms with Crippen molar-refractivity contribution >= 4 is 82.1 Å². The van der Waals surface area contributed by atoms with E-state index in [1.54, 1.807) is 0 Å². The summed E-state index contributed by atoms with van der Waals surface area (Å²) in [6, 6.07) is 81.3. The molecule has 2 nitrogen and oxygen atoms in total. The quantitative estimate of drug-likeness (QED) is 0.157. The molecule has 2 heteroatoms. The smallest absolute Gasteiger partial charge is 0.143 e. The van der Waals surface area contributed by atoms with Gasteiger partial charge in [0.15, 0.2) is 0 Å². The predicted molar refractivity (Wildman–Crippen MR) is 255 cm³/mol. The minimum Gasteiger partial charge on any atom is -0.455 e. The predicted octanol–water partition coefficient (Wildman–Crippen LogP) is 16.7. The maximum absolute atomic E-state index is 6.82. The Morgan fingerprint density at radius 1 is 0.283 bits per heavy atom. The molecular formula is C58H37NO. The highest BCUT2D eigenvalue weighted by Crippen LogP contribution is 2.46. The molecule has 0 saturated carbocycles. The monoisotopic (exact) mass is 763 g/mol. The van der Waals surface area contributed by atoms with Gasteiger partial charge in [-0.2, -0.15) is 0 Å². The Morgan fingerprint density at radius 2 is 0.883 bits per heavy atom. The van der Waals surface area contributed by atoms with Gasteiger partial charge in [0, 0.05) is 33.3 Å². The molecule has 1 heterocycles. The minimum absolute atomic E-state index is 0.888. The Morgan fingerprint density at radius 3 is 1.72 bits per heavy atom. The van der Waals surface area contributed by atoms with Gasteiger partial charge in [0.1, 0.15) is 11.2 Å². The largest absolute Gasteiger partial charge is 0.455 e. The molecule has 0 N–H and O–H groups in total. The second kappa shape index (κ2) is 13.9. The Labute approximate surface area is 347 Å². The van der Waals surface area contributed by atoms with E-state index in [9.17, 15) is 0 Å². The molecule has 0 bridgehead atoms. The lowest BCUT2D eigenvalue weighted by molar-refractivity contribution is 0.670. The highest BCUT2D eigenvalue weighted by Gasteiger charge is 2.21. The second-order valence-corrected chi connectivity index (χ2v) is 15.7. The number of furan rings is 1. The van der Waals surface area contributed by atoms with Crippen LogP contribution < -0.4 is 4.90 Å². The minimum atomic E-state index is 0.888. The van der Waals surface area contributed by atoms with Crippen molar-refractivity contribution in [2.24, 2.45) is 0 Å². The van der Waals surface area contributed by atoms with E-state index in [-0.39, 0.29) is 0 Å². The average Bonchev–Trinajstić information content (AvgIpc) is 3.68. The topological polar surface area (TPSA) is 16.4 Å². The molecule has 0 radical (unpaired) electrons. The third kappa shape index (κ3) is 5.65. The summed E-state index contributed by atoms with van der Waals surface area (Å²) < 4.78 is 6.82. The van der Waals surface area contributed by atoms with Crippen molar-refractivity contribution in [2.75, 3.05) is 4.90 Å². The first kappa shape index (κ1) is 34.1. The molecule has 0 aliphatic heterocycles. The molecule has 12 rings (SSSR count). The van der Waals surface area contributed by atoms with Crippen LogP contribution in [0, 0.1) is 0 Å². The zero-order valence-corrected chi connectivity index (χ0v) is 32.7. The molecule has 1 aromatic heterocycles. The number of hydrogen-bond donors (Lipinski definition) is 0. The van der Waals surface area contributed by atoms with Gasteiger partial charge in [-0.25, -0.2) is 0 Å². The molecule has 0 amide bonds. The van der Waals surface area contributed by atoms with Crippen LogP contribution in [-0.4, -0.2) is 0 Å². The maximum atomic E-state index is 6.82. The number of hydrogen-bond acceptors (Lipinski definition) is 2. The maximum Gasteiger partial charge on any atom is 0.143 e. The lowest BCUT2D eigenvalue weighted by atomic mass is 9.93. The average molecular weight is 764 g/mol. The zero-order valence-electron chi connectivity index (χ0n) is 32.7. The highest BCUT2D eigenvalue weighted by molar-refractivity contribution is 6.15. The van der Waals surface area contributed by atoms with Gasteiger partial charge < -0.3 is 9.32 Å². The first-order chi connectivity index (χ1) is 29.7. The van der Waals surface area contributed by atoms with E-state index in [2.05, 4.69) is 229 Å². The van der Waals surface area contributed by atoms with Crippen LogP contribution in [0.1, 0.15) is 0 Å². The fourth-order valence-corrected chi connectivity index (χ4v) is 9.30. The number of anilines is 3. The first-order valence-electron chi connectivity index (χ1n) is 20.6. The van der Waals surface area contributed by atoms with Crippen LogP contribution >= 0.6 is 0 Å². The molecule has 60 heavy (non-hydrogen) atoms. The summed E-state index contributed by atoms with van der Waals surface area (Å²) in [6.07, 6.45) is 0. The van der Waals surface area contributed by atoms with Gasteiger partial charge >= 0.3 is 0 Å². The summed E-state index contributed by atoms with van der Waals surface area (Å²) in [7, 11) is 0. The van der Waals surface area contributed by atoms with Crippen LogP contribution in [0.5, 0.6) is 0 Å². The van der Waals surface area contributed by atoms with Crippen molar-refractivity contribution in [2.45, 2.75) is 0 Å². The molecule has 0 saturated heterocycles. The van der Waals surface area contributed by atoms with Gasteiger partial charge in [-0.3, -0.25) is 0 Å². The second-order valence-electron chi connectivity index (χ2n) is 15.7. The van der Waals surface area contributed by atoms with Gasteiger partial charge in [-0.15, -0.1) is 0 Å². The number of rotatable bonds is 6. The number of nitrogens with zero attached hydrogens (tertiary/aromatic N) is 1. The molecule has 0 unspecified atom stereocenters. The number of benzene rings is 11. The summed E-state index contributed by atoms with van der Waals surface area (Å²) in [5, 5.41) is 12.1. The van der Waals surface area contributed by atoms with E-state index in [0.717, 1.165) is 55.7 Å². The van der Waals surface area contributed by atoms with Gasteiger partial charge in [-0.1, -0.05) is 170 Å². The molecule has 280 valence electrons. The SMILES string of the molecule is c1cc(-c2ccc3ccccc3c2)cc(N(c2ccc(-c3cc4ccccc4c4ccccc34)cc2)c2ccccc2-c2cccc3c2oc2cc4ccccc4cc23)c1. The van der Waals surface area contributed by atoms with Crippen molar-refractivity contribution in [3.8, 4) is 33.4 Å². The van der Waals surface area contributed by atoms with E-state index in [1.165, 1.54) is 59.8 Å². The van der Waals surface area contributed by atoms with Crippen molar-refractivity contribution in [1.29, 1.82) is 0 Å². The molecule has 11 aromatic carbocycles. The fraction of sp³-hybridized carbons (Fsp3) is 0. The Kier molecular flexibility index (Phi) is 7.89. The van der Waals surface area contributed by atoms with Crippen molar-refractivity contribution < 1.29 is 4.42 Å². The van der Waals surface area contributed by atoms with Crippen molar-refractivity contribution in [1.82, 2.24) is 0 Å². The van der Waals surface area contributed by atoms with Crippen LogP contribution in [0.2, 0.25) is 0 Å². The van der Waals surface area contributed by atoms with E-state index < -0.39 is 0 Å². The lowest BCUT2D eigenvalue weighted by Crippen LogP contribution is -2.11. The zero-order chi connectivity index (χ0) is 39.6. The normalized spacial score (nSPS) is 11.7.